The van der Waals surface area contributed by atoms with Crippen molar-refractivity contribution < 1.29 is 8.81 Å². The third-order valence-corrected chi connectivity index (χ3v) is 5.99. The number of hydrogen-bond acceptors (Lipinski definition) is 9. The number of fused-ring (bicyclic) bond motifs is 1. The van der Waals surface area contributed by atoms with Crippen LogP contribution >= 0.6 is 0 Å². The number of halogens is 1. The molecule has 33 heavy (non-hydrogen) atoms. The number of nitrogens with zero attached hydrogens (tertiary/aromatic N) is 4. The number of piperazine rings is 1. The van der Waals surface area contributed by atoms with E-state index in [0.717, 1.165) is 43.8 Å². The molecule has 1 fully saturated rings. The summed E-state index contributed by atoms with van der Waals surface area (Å²) in [4.78, 5) is 27.3. The van der Waals surface area contributed by atoms with Crippen molar-refractivity contribution in [1.29, 1.82) is 0 Å². The first-order valence-electron chi connectivity index (χ1n) is 10.6. The lowest BCUT2D eigenvalue weighted by Gasteiger charge is -2.34. The van der Waals surface area contributed by atoms with Crippen LogP contribution in [-0.2, 0) is 5.66 Å². The van der Waals surface area contributed by atoms with Gasteiger partial charge in [0.05, 0.1) is 23.6 Å². The van der Waals surface area contributed by atoms with Crippen molar-refractivity contribution in [2.24, 2.45) is 10.7 Å². The summed E-state index contributed by atoms with van der Waals surface area (Å²) in [6, 6.07) is 6.70. The summed E-state index contributed by atoms with van der Waals surface area (Å²) in [6.45, 7) is 5.86. The molecule has 2 aliphatic heterocycles. The zero-order valence-electron chi connectivity index (χ0n) is 18.4. The van der Waals surface area contributed by atoms with Crippen LogP contribution in [0.1, 0.15) is 11.1 Å². The Labute approximate surface area is 189 Å². The molecule has 1 aromatic carbocycles. The fraction of sp³-hybridized carbons (Fsp3) is 0.318. The molecule has 0 radical (unpaired) electrons. The number of oxazole rings is 1. The van der Waals surface area contributed by atoms with Gasteiger partial charge in [0.25, 0.3) is 0 Å². The average molecular weight is 452 g/mol. The number of aliphatic imine (C=N–C) groups is 1. The standard InChI is InChI=1S/C22H25FN8O2/c1-13-9-15(11-25-19(13)31-7-5-30(2)6-8-31)27-20-26-12-18(23)22(24,29-20)14-3-4-17-16(10-14)28-21(32)33-17/h3-4,9-12H,5-8,24H2,1-2H3,(H,28,32)(H2,26,27,29). The van der Waals surface area contributed by atoms with Crippen molar-refractivity contribution in [3.05, 3.63) is 64.2 Å². The number of pyridine rings is 1. The van der Waals surface area contributed by atoms with Crippen molar-refractivity contribution in [2.75, 3.05) is 43.4 Å². The van der Waals surface area contributed by atoms with E-state index in [-0.39, 0.29) is 5.96 Å². The lowest BCUT2D eigenvalue weighted by molar-refractivity contribution is 0.312. The summed E-state index contributed by atoms with van der Waals surface area (Å²) < 4.78 is 19.8. The number of likely N-dealkylation sites (N-methyl/N-ethyl adjacent to an activating group) is 1. The van der Waals surface area contributed by atoms with Gasteiger partial charge < -0.3 is 24.9 Å². The van der Waals surface area contributed by atoms with Gasteiger partial charge in [-0.15, -0.1) is 0 Å². The predicted octanol–water partition coefficient (Wildman–Crippen LogP) is 1.57. The Morgan fingerprint density at radius 1 is 1.24 bits per heavy atom. The van der Waals surface area contributed by atoms with Gasteiger partial charge in [0, 0.05) is 31.7 Å². The maximum absolute atomic E-state index is 14.8. The van der Waals surface area contributed by atoms with E-state index in [1.54, 1.807) is 24.4 Å². The van der Waals surface area contributed by atoms with Crippen LogP contribution in [0, 0.1) is 6.92 Å². The molecule has 4 heterocycles. The first-order chi connectivity index (χ1) is 15.8. The van der Waals surface area contributed by atoms with Crippen LogP contribution in [0.2, 0.25) is 0 Å². The van der Waals surface area contributed by atoms with E-state index in [4.69, 9.17) is 10.2 Å². The number of rotatable bonds is 3. The molecule has 5 rings (SSSR count). The highest BCUT2D eigenvalue weighted by Crippen LogP contribution is 2.30. The van der Waals surface area contributed by atoms with Crippen LogP contribution in [-0.4, -0.2) is 54.1 Å². The van der Waals surface area contributed by atoms with Gasteiger partial charge in [-0.1, -0.05) is 6.07 Å². The second-order valence-electron chi connectivity index (χ2n) is 8.39. The largest absolute Gasteiger partial charge is 0.417 e. The fourth-order valence-electron chi connectivity index (χ4n) is 4.09. The molecule has 11 heteroatoms. The van der Waals surface area contributed by atoms with E-state index in [9.17, 15) is 9.18 Å². The van der Waals surface area contributed by atoms with Crippen molar-refractivity contribution in [3.8, 4) is 0 Å². The van der Waals surface area contributed by atoms with E-state index in [2.05, 4.69) is 42.4 Å². The van der Waals surface area contributed by atoms with Crippen LogP contribution in [0.3, 0.4) is 0 Å². The van der Waals surface area contributed by atoms with E-state index in [1.807, 2.05) is 13.0 Å². The Balaban J connectivity index is 1.36. The summed E-state index contributed by atoms with van der Waals surface area (Å²) in [5.41, 5.74) is 7.64. The van der Waals surface area contributed by atoms with Crippen molar-refractivity contribution in [2.45, 2.75) is 12.6 Å². The molecular formula is C22H25FN8O2. The molecular weight excluding hydrogens is 427 g/mol. The lowest BCUT2D eigenvalue weighted by atomic mass is 9.98. The molecule has 10 nitrogen and oxygen atoms in total. The number of guanidine groups is 1. The number of H-pyrrole nitrogens is 1. The van der Waals surface area contributed by atoms with Gasteiger partial charge in [-0.3, -0.25) is 10.7 Å². The molecule has 0 saturated carbocycles. The molecule has 172 valence electrons. The summed E-state index contributed by atoms with van der Waals surface area (Å²) in [7, 11) is 2.11. The molecule has 1 unspecified atom stereocenters. The molecule has 0 spiro atoms. The number of nitrogens with one attached hydrogen (secondary N) is 3. The fourth-order valence-corrected chi connectivity index (χ4v) is 4.09. The maximum atomic E-state index is 14.8. The van der Waals surface area contributed by atoms with Crippen LogP contribution < -0.4 is 27.0 Å². The van der Waals surface area contributed by atoms with Crippen molar-refractivity contribution in [3.63, 3.8) is 0 Å². The minimum atomic E-state index is -1.67. The topological polar surface area (TPSA) is 128 Å². The highest BCUT2D eigenvalue weighted by atomic mass is 19.1. The number of aromatic nitrogens is 2. The SMILES string of the molecule is Cc1cc(NC2=NC=C(F)C(N)(c3ccc4oc(=O)[nH]c4c3)N2)cnc1N1CCN(C)CC1. The average Bonchev–Trinajstić information content (AvgIpc) is 3.16. The number of benzene rings is 1. The number of anilines is 2. The molecule has 1 atom stereocenters. The highest BCUT2D eigenvalue weighted by molar-refractivity contribution is 5.95. The van der Waals surface area contributed by atoms with Gasteiger partial charge in [-0.05, 0) is 37.7 Å². The minimum absolute atomic E-state index is 0.272. The number of aryl methyl sites for hydroxylation is 1. The zero-order chi connectivity index (χ0) is 23.2. The first kappa shape index (κ1) is 21.2. The Kier molecular flexibility index (Phi) is 5.14. The molecule has 0 amide bonds. The van der Waals surface area contributed by atoms with Crippen molar-refractivity contribution in [1.82, 2.24) is 20.2 Å². The third kappa shape index (κ3) is 3.96. The van der Waals surface area contributed by atoms with Crippen molar-refractivity contribution >= 4 is 28.6 Å². The van der Waals surface area contributed by atoms with Gasteiger partial charge >= 0.3 is 5.76 Å². The summed E-state index contributed by atoms with van der Waals surface area (Å²) >= 11 is 0. The van der Waals surface area contributed by atoms with Gasteiger partial charge in [0.1, 0.15) is 5.82 Å². The van der Waals surface area contributed by atoms with E-state index in [0.29, 0.717) is 22.4 Å². The maximum Gasteiger partial charge on any atom is 0.417 e. The van der Waals surface area contributed by atoms with Crippen LogP contribution in [0.15, 0.2) is 56.7 Å². The number of aromatic amines is 1. The molecule has 0 aliphatic carbocycles. The summed E-state index contributed by atoms with van der Waals surface area (Å²) in [6.07, 6.45) is 2.79. The Hall–Kier alpha value is -3.70. The van der Waals surface area contributed by atoms with Crippen LogP contribution in [0.5, 0.6) is 0 Å². The monoisotopic (exact) mass is 452 g/mol. The second-order valence-corrected chi connectivity index (χ2v) is 8.39. The molecule has 5 N–H and O–H groups in total. The van der Waals surface area contributed by atoms with Gasteiger partial charge in [0.2, 0.25) is 5.96 Å². The van der Waals surface area contributed by atoms with E-state index < -0.39 is 17.2 Å². The number of nitrogens with two attached hydrogens (primary N) is 1. The van der Waals surface area contributed by atoms with Gasteiger partial charge in [-0.25, -0.2) is 19.2 Å². The number of hydrogen-bond donors (Lipinski definition) is 4. The summed E-state index contributed by atoms with van der Waals surface area (Å²) in [5.74, 6) is -0.0347. The Morgan fingerprint density at radius 3 is 2.79 bits per heavy atom. The lowest BCUT2D eigenvalue weighted by Crippen LogP contribution is -2.56. The summed E-state index contributed by atoms with van der Waals surface area (Å²) in [5, 5.41) is 6.05. The second kappa shape index (κ2) is 8.01. The third-order valence-electron chi connectivity index (χ3n) is 5.99. The molecule has 0 bridgehead atoms. The Bertz CT molecular complexity index is 1320. The van der Waals surface area contributed by atoms with Gasteiger partial charge in [0.15, 0.2) is 17.1 Å². The van der Waals surface area contributed by atoms with E-state index >= 15 is 0 Å². The first-order valence-corrected chi connectivity index (χ1v) is 10.6. The molecule has 1 saturated heterocycles. The minimum Gasteiger partial charge on any atom is -0.408 e. The van der Waals surface area contributed by atoms with E-state index in [1.165, 1.54) is 0 Å². The predicted molar refractivity (Wildman–Crippen MR) is 125 cm³/mol. The van der Waals surface area contributed by atoms with Crippen LogP contribution in [0.4, 0.5) is 15.9 Å². The molecule has 2 aromatic heterocycles. The Morgan fingerprint density at radius 2 is 2.03 bits per heavy atom. The molecule has 2 aliphatic rings. The van der Waals surface area contributed by atoms with Gasteiger partial charge in [-0.2, -0.15) is 0 Å². The normalized spacial score (nSPS) is 21.5. The smallest absolute Gasteiger partial charge is 0.408 e. The quantitative estimate of drug-likeness (QED) is 0.472. The zero-order valence-corrected chi connectivity index (χ0v) is 18.4. The van der Waals surface area contributed by atoms with Crippen LogP contribution in [0.25, 0.3) is 11.1 Å². The highest BCUT2D eigenvalue weighted by Gasteiger charge is 2.37. The molecule has 3 aromatic rings.